The van der Waals surface area contributed by atoms with Crippen molar-refractivity contribution in [1.82, 2.24) is 6.15 Å². The van der Waals surface area contributed by atoms with Gasteiger partial charge in [0.2, 0.25) is 0 Å². The molecular weight excluding hydrogens is 82.0 g/mol. The summed E-state index contributed by atoms with van der Waals surface area (Å²) in [7, 11) is 0. The summed E-state index contributed by atoms with van der Waals surface area (Å²) in [5.74, 6) is 0. The highest BCUT2D eigenvalue weighted by molar-refractivity contribution is 4.84. The van der Waals surface area contributed by atoms with Crippen molar-refractivity contribution < 1.29 is 10.2 Å². The van der Waals surface area contributed by atoms with Gasteiger partial charge in [0.25, 0.3) is 0 Å². The van der Waals surface area contributed by atoms with E-state index < -0.39 is 12.2 Å². The smallest absolute Gasteiger partial charge is 0.0825 e. The van der Waals surface area contributed by atoms with Crippen LogP contribution in [0.3, 0.4) is 0 Å². The van der Waals surface area contributed by atoms with Crippen molar-refractivity contribution in [3.63, 3.8) is 0 Å². The molecule has 6 heavy (non-hydrogen) atoms. The minimum Gasteiger partial charge on any atom is -0.390 e. The lowest BCUT2D eigenvalue weighted by Crippen LogP contribution is -1.85. The van der Waals surface area contributed by atoms with Crippen molar-refractivity contribution in [3.8, 4) is 0 Å². The van der Waals surface area contributed by atoms with E-state index in [9.17, 15) is 0 Å². The van der Waals surface area contributed by atoms with Crippen LogP contribution in [0.2, 0.25) is 0 Å². The zero-order valence-electron chi connectivity index (χ0n) is 3.46. The van der Waals surface area contributed by atoms with E-state index in [0.717, 1.165) is 0 Å². The van der Waals surface area contributed by atoms with Gasteiger partial charge in [-0.15, -0.1) is 0 Å². The van der Waals surface area contributed by atoms with E-state index in [2.05, 4.69) is 0 Å². The van der Waals surface area contributed by atoms with Gasteiger partial charge < -0.3 is 16.4 Å². The van der Waals surface area contributed by atoms with Crippen molar-refractivity contribution in [3.05, 3.63) is 0 Å². The van der Waals surface area contributed by atoms with Crippen LogP contribution in [-0.2, 0) is 0 Å². The summed E-state index contributed by atoms with van der Waals surface area (Å²) in [6.07, 6.45) is -0.204. The molecule has 0 heterocycles. The van der Waals surface area contributed by atoms with E-state index in [4.69, 9.17) is 10.2 Å². The third-order valence-electron chi connectivity index (χ3n) is 0.724. The monoisotopic (exact) mass is 91.1 g/mol. The van der Waals surface area contributed by atoms with Gasteiger partial charge in [-0.3, -0.25) is 0 Å². The van der Waals surface area contributed by atoms with Crippen molar-refractivity contribution in [2.75, 3.05) is 0 Å². The normalized spacial score (nSPS) is 41.0. The van der Waals surface area contributed by atoms with E-state index in [1.807, 2.05) is 0 Å². The molecule has 1 rings (SSSR count). The highest BCUT2D eigenvalue weighted by Gasteiger charge is 2.32. The highest BCUT2D eigenvalue weighted by atomic mass is 16.3. The third-order valence-corrected chi connectivity index (χ3v) is 0.724. The molecule has 0 aromatic carbocycles. The average Bonchev–Trinajstić information content (AvgIpc) is 1.79. The first-order valence-electron chi connectivity index (χ1n) is 1.67. The molecule has 1 aliphatic rings. The molecule has 38 valence electrons. The minimum atomic E-state index is -0.394. The first-order valence-corrected chi connectivity index (χ1v) is 1.67. The van der Waals surface area contributed by atoms with Gasteiger partial charge in [0, 0.05) is 6.42 Å². The number of rotatable bonds is 0. The number of hydrogen-bond acceptors (Lipinski definition) is 3. The van der Waals surface area contributed by atoms with Crippen LogP contribution in [-0.4, -0.2) is 22.4 Å². The first-order chi connectivity index (χ1) is 2.30. The van der Waals surface area contributed by atoms with Crippen molar-refractivity contribution in [1.29, 1.82) is 0 Å². The first kappa shape index (κ1) is 5.88. The highest BCUT2D eigenvalue weighted by Crippen LogP contribution is 2.18. The Hall–Kier alpha value is -0.120. The largest absolute Gasteiger partial charge is 0.390 e. The SMILES string of the molecule is N.OC1CC1O. The zero-order chi connectivity index (χ0) is 3.86. The zero-order valence-corrected chi connectivity index (χ0v) is 3.46. The molecule has 2 atom stereocenters. The van der Waals surface area contributed by atoms with Crippen LogP contribution in [0, 0.1) is 0 Å². The molecule has 0 spiro atoms. The maximum atomic E-state index is 8.19. The summed E-state index contributed by atoms with van der Waals surface area (Å²) in [4.78, 5) is 0. The summed E-state index contributed by atoms with van der Waals surface area (Å²) in [6, 6.07) is 0. The number of aliphatic hydroxyl groups is 2. The molecule has 1 aliphatic carbocycles. The second-order valence-electron chi connectivity index (χ2n) is 1.37. The molecule has 0 bridgehead atoms. The van der Waals surface area contributed by atoms with Crippen LogP contribution in [0.15, 0.2) is 0 Å². The molecule has 5 N–H and O–H groups in total. The number of aliphatic hydroxyl groups excluding tert-OH is 2. The second-order valence-corrected chi connectivity index (χ2v) is 1.37. The predicted octanol–water partition coefficient (Wildman–Crippen LogP) is -0.726. The van der Waals surface area contributed by atoms with E-state index in [-0.39, 0.29) is 6.15 Å². The topological polar surface area (TPSA) is 75.5 Å². The maximum Gasteiger partial charge on any atom is 0.0825 e. The standard InChI is InChI=1S/C3H6O2.H3N/c4-2-1-3(2)5;/h2-5H,1H2;1H3. The predicted molar refractivity (Wildman–Crippen MR) is 21.7 cm³/mol. The summed E-state index contributed by atoms with van der Waals surface area (Å²) in [5.41, 5.74) is 0. The molecule has 0 aliphatic heterocycles. The molecule has 1 saturated carbocycles. The van der Waals surface area contributed by atoms with Crippen LogP contribution in [0.4, 0.5) is 0 Å². The Balaban J connectivity index is 0.000000250. The molecule has 0 aromatic rings. The quantitative estimate of drug-likeness (QED) is 0.368. The molecule has 3 nitrogen and oxygen atoms in total. The fraction of sp³-hybridized carbons (Fsp3) is 1.00. The van der Waals surface area contributed by atoms with E-state index in [1.54, 1.807) is 0 Å². The summed E-state index contributed by atoms with van der Waals surface area (Å²) in [6.45, 7) is 0. The van der Waals surface area contributed by atoms with Crippen molar-refractivity contribution in [2.24, 2.45) is 0 Å². The average molecular weight is 91.1 g/mol. The Morgan fingerprint density at radius 2 is 1.33 bits per heavy atom. The van der Waals surface area contributed by atoms with Crippen molar-refractivity contribution >= 4 is 0 Å². The second kappa shape index (κ2) is 1.55. The van der Waals surface area contributed by atoms with Gasteiger partial charge in [0.15, 0.2) is 0 Å². The van der Waals surface area contributed by atoms with E-state index in [0.29, 0.717) is 6.42 Å². The fourth-order valence-corrected chi connectivity index (χ4v) is 0.169. The Morgan fingerprint density at radius 3 is 1.33 bits per heavy atom. The van der Waals surface area contributed by atoms with Gasteiger partial charge in [-0.1, -0.05) is 0 Å². The lowest BCUT2D eigenvalue weighted by atomic mass is 10.8. The third kappa shape index (κ3) is 0.931. The van der Waals surface area contributed by atoms with Crippen LogP contribution in [0.25, 0.3) is 0 Å². The van der Waals surface area contributed by atoms with Gasteiger partial charge in [-0.25, -0.2) is 0 Å². The molecular formula is C3H9NO2. The molecule has 0 saturated heterocycles. The lowest BCUT2D eigenvalue weighted by molar-refractivity contribution is 0.180. The van der Waals surface area contributed by atoms with Gasteiger partial charge in [0.1, 0.15) is 0 Å². The summed E-state index contributed by atoms with van der Waals surface area (Å²) < 4.78 is 0. The van der Waals surface area contributed by atoms with Gasteiger partial charge >= 0.3 is 0 Å². The van der Waals surface area contributed by atoms with Crippen molar-refractivity contribution in [2.45, 2.75) is 18.6 Å². The molecule has 3 heteroatoms. The van der Waals surface area contributed by atoms with Gasteiger partial charge in [0.05, 0.1) is 12.2 Å². The fourth-order valence-electron chi connectivity index (χ4n) is 0.169. The minimum absolute atomic E-state index is 0. The molecule has 0 radical (unpaired) electrons. The maximum absolute atomic E-state index is 8.19. The molecule has 0 aromatic heterocycles. The summed E-state index contributed by atoms with van der Waals surface area (Å²) in [5, 5.41) is 16.4. The molecule has 1 fully saturated rings. The molecule has 0 amide bonds. The van der Waals surface area contributed by atoms with Gasteiger partial charge in [-0.2, -0.15) is 0 Å². The number of hydrogen-bond donors (Lipinski definition) is 3. The van der Waals surface area contributed by atoms with Crippen LogP contribution < -0.4 is 6.15 Å². The lowest BCUT2D eigenvalue weighted by Gasteiger charge is -1.69. The van der Waals surface area contributed by atoms with Gasteiger partial charge in [-0.05, 0) is 0 Å². The van der Waals surface area contributed by atoms with Crippen LogP contribution in [0.5, 0.6) is 0 Å². The Labute approximate surface area is 36.2 Å². The van der Waals surface area contributed by atoms with Crippen LogP contribution in [0.1, 0.15) is 6.42 Å². The van der Waals surface area contributed by atoms with E-state index >= 15 is 0 Å². The van der Waals surface area contributed by atoms with Crippen LogP contribution >= 0.6 is 0 Å². The van der Waals surface area contributed by atoms with E-state index in [1.165, 1.54) is 0 Å². The molecule has 2 unspecified atom stereocenters. The Kier molecular flexibility index (Phi) is 1.52. The summed E-state index contributed by atoms with van der Waals surface area (Å²) >= 11 is 0. The Bertz CT molecular complexity index is 42.1. The Morgan fingerprint density at radius 1 is 1.17 bits per heavy atom.